The summed E-state index contributed by atoms with van der Waals surface area (Å²) in [6.45, 7) is 4.71. The SMILES string of the molecule is CC(C)(C)OC(=O)N[C@@H](CO)C(=O)N[C@H](CCc1ccccc1)CC[C@@H](Cc1ccccc1)NC(=O)OCc1cncs1. The van der Waals surface area contributed by atoms with Gasteiger partial charge in [-0.1, -0.05) is 60.7 Å². The molecule has 0 spiro atoms. The molecule has 0 aliphatic heterocycles. The van der Waals surface area contributed by atoms with E-state index >= 15 is 0 Å². The maximum absolute atomic E-state index is 13.2. The van der Waals surface area contributed by atoms with Gasteiger partial charge < -0.3 is 30.5 Å². The molecule has 10 nitrogen and oxygen atoms in total. The summed E-state index contributed by atoms with van der Waals surface area (Å²) in [6.07, 6.45) is 3.35. The highest BCUT2D eigenvalue weighted by Gasteiger charge is 2.26. The Morgan fingerprint density at radius 1 is 0.860 bits per heavy atom. The third-order valence-electron chi connectivity index (χ3n) is 6.50. The van der Waals surface area contributed by atoms with E-state index in [1.165, 1.54) is 11.3 Å². The second-order valence-electron chi connectivity index (χ2n) is 11.3. The van der Waals surface area contributed by atoms with Crippen LogP contribution in [0.1, 0.15) is 56.0 Å². The van der Waals surface area contributed by atoms with Gasteiger partial charge in [0.2, 0.25) is 5.91 Å². The van der Waals surface area contributed by atoms with Gasteiger partial charge >= 0.3 is 12.2 Å². The summed E-state index contributed by atoms with van der Waals surface area (Å²) in [5, 5.41) is 18.3. The summed E-state index contributed by atoms with van der Waals surface area (Å²) in [5.74, 6) is -0.511. The molecule has 11 heteroatoms. The fourth-order valence-electron chi connectivity index (χ4n) is 4.40. The highest BCUT2D eigenvalue weighted by molar-refractivity contribution is 7.09. The monoisotopic (exact) mass is 610 g/mol. The molecule has 2 aromatic carbocycles. The summed E-state index contributed by atoms with van der Waals surface area (Å²) in [6, 6.07) is 18.0. The number of carbonyl (C=O) groups is 3. The Morgan fingerprint density at radius 3 is 2.12 bits per heavy atom. The van der Waals surface area contributed by atoms with Crippen LogP contribution in [0.25, 0.3) is 0 Å². The zero-order valence-corrected chi connectivity index (χ0v) is 25.8. The first-order valence-electron chi connectivity index (χ1n) is 14.4. The van der Waals surface area contributed by atoms with Crippen LogP contribution in [0.5, 0.6) is 0 Å². The number of nitrogens with one attached hydrogen (secondary N) is 3. The van der Waals surface area contributed by atoms with Crippen molar-refractivity contribution >= 4 is 29.4 Å². The summed E-state index contributed by atoms with van der Waals surface area (Å²) in [7, 11) is 0. The molecular formula is C32H42N4O6S. The smallest absolute Gasteiger partial charge is 0.408 e. The Kier molecular flexibility index (Phi) is 13.4. The molecular weight excluding hydrogens is 568 g/mol. The van der Waals surface area contributed by atoms with Crippen molar-refractivity contribution in [2.75, 3.05) is 6.61 Å². The van der Waals surface area contributed by atoms with Crippen molar-refractivity contribution in [2.45, 2.75) is 83.2 Å². The Labute approximate surface area is 257 Å². The normalized spacial score (nSPS) is 13.3. The van der Waals surface area contributed by atoms with Crippen LogP contribution in [-0.2, 0) is 33.7 Å². The molecule has 232 valence electrons. The van der Waals surface area contributed by atoms with Crippen LogP contribution in [0.3, 0.4) is 0 Å². The van der Waals surface area contributed by atoms with Gasteiger partial charge in [-0.2, -0.15) is 0 Å². The largest absolute Gasteiger partial charge is 0.444 e. The number of rotatable bonds is 15. The first-order valence-corrected chi connectivity index (χ1v) is 15.3. The highest BCUT2D eigenvalue weighted by Crippen LogP contribution is 2.15. The molecule has 4 N–H and O–H groups in total. The number of hydrogen-bond acceptors (Lipinski definition) is 8. The molecule has 43 heavy (non-hydrogen) atoms. The number of aryl methyl sites for hydroxylation is 1. The van der Waals surface area contributed by atoms with E-state index in [-0.39, 0.29) is 18.7 Å². The van der Waals surface area contributed by atoms with E-state index in [0.717, 1.165) is 16.0 Å². The molecule has 0 unspecified atom stereocenters. The number of amides is 3. The van der Waals surface area contributed by atoms with Crippen molar-refractivity contribution in [1.82, 2.24) is 20.9 Å². The van der Waals surface area contributed by atoms with Crippen LogP contribution in [0.15, 0.2) is 72.4 Å². The van der Waals surface area contributed by atoms with Gasteiger partial charge in [0.1, 0.15) is 18.2 Å². The maximum atomic E-state index is 13.2. The Morgan fingerprint density at radius 2 is 1.51 bits per heavy atom. The maximum Gasteiger partial charge on any atom is 0.408 e. The number of aliphatic hydroxyl groups excluding tert-OH is 1. The lowest BCUT2D eigenvalue weighted by atomic mass is 9.96. The summed E-state index contributed by atoms with van der Waals surface area (Å²) in [4.78, 5) is 43.0. The third-order valence-corrected chi connectivity index (χ3v) is 7.25. The van der Waals surface area contributed by atoms with Crippen molar-refractivity contribution < 1.29 is 29.0 Å². The molecule has 3 amide bonds. The van der Waals surface area contributed by atoms with E-state index in [9.17, 15) is 19.5 Å². The number of hydrogen-bond donors (Lipinski definition) is 4. The number of aromatic nitrogens is 1. The summed E-state index contributed by atoms with van der Waals surface area (Å²) >= 11 is 1.41. The molecule has 0 aliphatic carbocycles. The van der Waals surface area contributed by atoms with Crippen LogP contribution < -0.4 is 16.0 Å². The molecule has 0 saturated heterocycles. The highest BCUT2D eigenvalue weighted by atomic mass is 32.1. The molecule has 3 aromatic rings. The average Bonchev–Trinajstić information content (AvgIpc) is 3.50. The molecule has 3 atom stereocenters. The molecule has 0 saturated carbocycles. The average molecular weight is 611 g/mol. The summed E-state index contributed by atoms with van der Waals surface area (Å²) in [5.41, 5.74) is 3.12. The van der Waals surface area contributed by atoms with Crippen LogP contribution in [0.4, 0.5) is 9.59 Å². The van der Waals surface area contributed by atoms with E-state index in [0.29, 0.717) is 32.1 Å². The number of ether oxygens (including phenoxy) is 2. The predicted molar refractivity (Wildman–Crippen MR) is 166 cm³/mol. The minimum Gasteiger partial charge on any atom is -0.444 e. The number of alkyl carbamates (subject to hydrolysis) is 2. The summed E-state index contributed by atoms with van der Waals surface area (Å²) < 4.78 is 10.7. The number of aliphatic hydroxyl groups is 1. The number of thiazole rings is 1. The van der Waals surface area contributed by atoms with Crippen LogP contribution in [0.2, 0.25) is 0 Å². The molecule has 0 radical (unpaired) electrons. The Balaban J connectivity index is 1.68. The molecule has 0 bridgehead atoms. The first kappa shape index (κ1) is 33.5. The molecule has 1 aromatic heterocycles. The van der Waals surface area contributed by atoms with Crippen molar-refractivity contribution in [3.63, 3.8) is 0 Å². The van der Waals surface area contributed by atoms with Gasteiger partial charge in [-0.25, -0.2) is 9.59 Å². The lowest BCUT2D eigenvalue weighted by molar-refractivity contribution is -0.125. The predicted octanol–water partition coefficient (Wildman–Crippen LogP) is 4.76. The van der Waals surface area contributed by atoms with E-state index in [1.54, 1.807) is 32.5 Å². The van der Waals surface area contributed by atoms with Gasteiger partial charge in [-0.3, -0.25) is 9.78 Å². The Bertz CT molecular complexity index is 1250. The second-order valence-corrected chi connectivity index (χ2v) is 12.2. The fraction of sp³-hybridized carbons (Fsp3) is 0.438. The van der Waals surface area contributed by atoms with E-state index in [4.69, 9.17) is 9.47 Å². The topological polar surface area (TPSA) is 139 Å². The second kappa shape index (κ2) is 17.2. The fourth-order valence-corrected chi connectivity index (χ4v) is 4.91. The first-order chi connectivity index (χ1) is 20.6. The molecule has 3 rings (SSSR count). The van der Waals surface area contributed by atoms with Crippen molar-refractivity contribution in [3.05, 3.63) is 88.4 Å². The zero-order chi connectivity index (χ0) is 31.1. The number of benzene rings is 2. The lowest BCUT2D eigenvalue weighted by Gasteiger charge is -2.26. The minimum atomic E-state index is -1.17. The Hall–Kier alpha value is -3.96. The van der Waals surface area contributed by atoms with E-state index in [1.807, 2.05) is 60.7 Å². The van der Waals surface area contributed by atoms with Gasteiger partial charge in [0.05, 0.1) is 17.0 Å². The van der Waals surface area contributed by atoms with Gasteiger partial charge in [-0.15, -0.1) is 11.3 Å². The van der Waals surface area contributed by atoms with Gasteiger partial charge in [-0.05, 0) is 64.0 Å². The van der Waals surface area contributed by atoms with Crippen LogP contribution in [-0.4, -0.2) is 58.5 Å². The minimum absolute atomic E-state index is 0.136. The van der Waals surface area contributed by atoms with E-state index in [2.05, 4.69) is 20.9 Å². The number of carbonyl (C=O) groups excluding carboxylic acids is 3. The van der Waals surface area contributed by atoms with Gasteiger partial charge in [0.25, 0.3) is 0 Å². The third kappa shape index (κ3) is 13.3. The molecule has 0 aliphatic rings. The van der Waals surface area contributed by atoms with E-state index < -0.39 is 36.3 Å². The van der Waals surface area contributed by atoms with Gasteiger partial charge in [0, 0.05) is 18.3 Å². The zero-order valence-electron chi connectivity index (χ0n) is 25.0. The van der Waals surface area contributed by atoms with Crippen LogP contribution >= 0.6 is 11.3 Å². The van der Waals surface area contributed by atoms with Crippen molar-refractivity contribution in [1.29, 1.82) is 0 Å². The van der Waals surface area contributed by atoms with Crippen LogP contribution in [0, 0.1) is 0 Å². The van der Waals surface area contributed by atoms with Crippen molar-refractivity contribution in [2.24, 2.45) is 0 Å². The quantitative estimate of drug-likeness (QED) is 0.195. The number of nitrogens with zero attached hydrogens (tertiary/aromatic N) is 1. The van der Waals surface area contributed by atoms with Crippen molar-refractivity contribution in [3.8, 4) is 0 Å². The van der Waals surface area contributed by atoms with Gasteiger partial charge in [0.15, 0.2) is 0 Å². The molecule has 1 heterocycles. The lowest BCUT2D eigenvalue weighted by Crippen LogP contribution is -2.52. The molecule has 0 fully saturated rings. The standard InChI is InChI=1S/C32H42N4O6S/c1-32(2,3)42-31(40)36-28(20-37)29(38)34-25(15-14-23-10-6-4-7-11-23)16-17-26(18-24-12-8-5-9-13-24)35-30(39)41-21-27-19-33-22-43-27/h4-13,19,22,25-26,28,37H,14-18,20-21H2,1-3H3,(H,34,38)(H,35,39)(H,36,40)/t25-,26+,28+/m1/s1.